The molecule has 2 aromatic rings. The van der Waals surface area contributed by atoms with Crippen LogP contribution in [0.15, 0.2) is 0 Å². The van der Waals surface area contributed by atoms with E-state index >= 15 is 0 Å². The molecule has 0 aromatic carbocycles. The number of nitrogen functional groups attached to an aromatic ring is 1. The predicted molar refractivity (Wildman–Crippen MR) is 75.9 cm³/mol. The van der Waals surface area contributed by atoms with Crippen LogP contribution in [0.2, 0.25) is 0 Å². The third kappa shape index (κ3) is 2.20. The Balaban J connectivity index is 1.81. The van der Waals surface area contributed by atoms with Crippen LogP contribution in [0.3, 0.4) is 0 Å². The predicted octanol–water partition coefficient (Wildman–Crippen LogP) is 1.15. The summed E-state index contributed by atoms with van der Waals surface area (Å²) in [5.74, 6) is 0.600. The van der Waals surface area contributed by atoms with Crippen LogP contribution in [-0.4, -0.2) is 43.9 Å². The van der Waals surface area contributed by atoms with E-state index in [1.165, 1.54) is 32.4 Å². The van der Waals surface area contributed by atoms with Crippen LogP contribution in [0.4, 0.5) is 5.95 Å². The fourth-order valence-corrected chi connectivity index (χ4v) is 3.00. The molecule has 1 fully saturated rings. The average Bonchev–Trinajstić information content (AvgIpc) is 2.87. The van der Waals surface area contributed by atoms with E-state index in [9.17, 15) is 0 Å². The van der Waals surface area contributed by atoms with Gasteiger partial charge < -0.3 is 10.6 Å². The van der Waals surface area contributed by atoms with E-state index in [2.05, 4.69) is 19.5 Å². The van der Waals surface area contributed by atoms with Crippen molar-refractivity contribution in [1.29, 1.82) is 0 Å². The topological polar surface area (TPSA) is 64.9 Å². The number of fused-ring (bicyclic) bond motifs is 1. The second kappa shape index (κ2) is 4.85. The first-order valence-electron chi connectivity index (χ1n) is 7.04. The highest BCUT2D eigenvalue weighted by Crippen LogP contribution is 2.20. The fourth-order valence-electron chi connectivity index (χ4n) is 3.00. The number of nitrogens with zero attached hydrogens (tertiary/aromatic N) is 5. The number of hydrogen-bond acceptors (Lipinski definition) is 4. The number of nitrogens with two attached hydrogens (primary N) is 1. The summed E-state index contributed by atoms with van der Waals surface area (Å²) in [6, 6.07) is 0. The van der Waals surface area contributed by atoms with Crippen LogP contribution < -0.4 is 5.73 Å². The van der Waals surface area contributed by atoms with E-state index in [4.69, 9.17) is 5.73 Å². The van der Waals surface area contributed by atoms with Crippen molar-refractivity contribution in [3.8, 4) is 0 Å². The molecule has 104 valence electrons. The Labute approximate surface area is 113 Å². The van der Waals surface area contributed by atoms with Crippen LogP contribution in [0, 0.1) is 6.92 Å². The summed E-state index contributed by atoms with van der Waals surface area (Å²) in [7, 11) is 1.95. The van der Waals surface area contributed by atoms with Crippen molar-refractivity contribution < 1.29 is 0 Å². The van der Waals surface area contributed by atoms with E-state index in [-0.39, 0.29) is 0 Å². The molecule has 1 aliphatic rings. The minimum atomic E-state index is 0.600. The molecule has 6 nitrogen and oxygen atoms in total. The van der Waals surface area contributed by atoms with E-state index in [0.717, 1.165) is 29.9 Å². The van der Waals surface area contributed by atoms with Gasteiger partial charge in [-0.15, -0.1) is 0 Å². The highest BCUT2D eigenvalue weighted by atomic mass is 15.4. The molecule has 0 amide bonds. The summed E-state index contributed by atoms with van der Waals surface area (Å²) in [5, 5.41) is 4.41. The van der Waals surface area contributed by atoms with Crippen molar-refractivity contribution in [3.05, 3.63) is 5.69 Å². The third-order valence-electron chi connectivity index (χ3n) is 4.01. The van der Waals surface area contributed by atoms with Crippen LogP contribution in [-0.2, 0) is 13.6 Å². The second-order valence-electron chi connectivity index (χ2n) is 5.41. The highest BCUT2D eigenvalue weighted by molar-refractivity contribution is 5.77. The molecular weight excluding hydrogens is 240 g/mol. The number of anilines is 1. The molecule has 19 heavy (non-hydrogen) atoms. The van der Waals surface area contributed by atoms with Crippen LogP contribution in [0.25, 0.3) is 11.2 Å². The van der Waals surface area contributed by atoms with Gasteiger partial charge in [-0.2, -0.15) is 5.10 Å². The van der Waals surface area contributed by atoms with Crippen LogP contribution in [0.1, 0.15) is 25.0 Å². The molecule has 1 saturated heterocycles. The number of aromatic nitrogens is 4. The largest absolute Gasteiger partial charge is 0.369 e. The first-order valence-corrected chi connectivity index (χ1v) is 7.04. The number of piperidine rings is 1. The summed E-state index contributed by atoms with van der Waals surface area (Å²) in [6.07, 6.45) is 4.01. The van der Waals surface area contributed by atoms with Crippen molar-refractivity contribution >= 4 is 17.1 Å². The number of likely N-dealkylation sites (tertiary alicyclic amines) is 1. The molecular formula is C13H22N6. The van der Waals surface area contributed by atoms with Gasteiger partial charge in [0.15, 0.2) is 5.65 Å². The molecule has 1 aliphatic heterocycles. The lowest BCUT2D eigenvalue weighted by Crippen LogP contribution is -2.32. The number of rotatable bonds is 3. The van der Waals surface area contributed by atoms with Gasteiger partial charge in [0.1, 0.15) is 5.52 Å². The van der Waals surface area contributed by atoms with Gasteiger partial charge in [-0.3, -0.25) is 9.25 Å². The maximum absolute atomic E-state index is 6.04. The lowest BCUT2D eigenvalue weighted by Gasteiger charge is -2.26. The third-order valence-corrected chi connectivity index (χ3v) is 4.01. The zero-order valence-corrected chi connectivity index (χ0v) is 11.8. The maximum Gasteiger partial charge on any atom is 0.202 e. The zero-order chi connectivity index (χ0) is 13.4. The second-order valence-corrected chi connectivity index (χ2v) is 5.41. The normalized spacial score (nSPS) is 17.4. The monoisotopic (exact) mass is 262 g/mol. The Morgan fingerprint density at radius 3 is 2.63 bits per heavy atom. The van der Waals surface area contributed by atoms with Crippen molar-refractivity contribution in [3.63, 3.8) is 0 Å². The SMILES string of the molecule is Cc1nn(C)c2c1nc(N)n2CCN1CCCCC1. The smallest absolute Gasteiger partial charge is 0.202 e. The molecule has 3 heterocycles. The van der Waals surface area contributed by atoms with E-state index < -0.39 is 0 Å². The first kappa shape index (κ1) is 12.5. The zero-order valence-electron chi connectivity index (χ0n) is 11.8. The highest BCUT2D eigenvalue weighted by Gasteiger charge is 2.17. The van der Waals surface area contributed by atoms with Crippen LogP contribution in [0.5, 0.6) is 0 Å². The van der Waals surface area contributed by atoms with Crippen molar-refractivity contribution in [2.75, 3.05) is 25.4 Å². The molecule has 0 saturated carbocycles. The van der Waals surface area contributed by atoms with E-state index in [1.54, 1.807) is 0 Å². The standard InChI is InChI=1S/C13H22N6/c1-10-11-12(17(2)16-10)19(13(14)15-11)9-8-18-6-4-3-5-7-18/h3-9H2,1-2H3,(H2,14,15). The molecule has 3 rings (SSSR count). The summed E-state index contributed by atoms with van der Waals surface area (Å²) in [5.41, 5.74) is 8.95. The molecule has 6 heteroatoms. The Hall–Kier alpha value is -1.56. The minimum Gasteiger partial charge on any atom is -0.369 e. The summed E-state index contributed by atoms with van der Waals surface area (Å²) < 4.78 is 3.97. The number of aryl methyl sites for hydroxylation is 2. The average molecular weight is 262 g/mol. The molecule has 2 N–H and O–H groups in total. The van der Waals surface area contributed by atoms with Crippen molar-refractivity contribution in [1.82, 2.24) is 24.2 Å². The summed E-state index contributed by atoms with van der Waals surface area (Å²) in [4.78, 5) is 6.95. The van der Waals surface area contributed by atoms with E-state index in [0.29, 0.717) is 5.95 Å². The lowest BCUT2D eigenvalue weighted by atomic mass is 10.1. The quantitative estimate of drug-likeness (QED) is 0.901. The van der Waals surface area contributed by atoms with Gasteiger partial charge in [-0.05, 0) is 32.9 Å². The summed E-state index contributed by atoms with van der Waals surface area (Å²) >= 11 is 0. The Morgan fingerprint density at radius 2 is 1.89 bits per heavy atom. The number of hydrogen-bond donors (Lipinski definition) is 1. The number of imidazole rings is 1. The van der Waals surface area contributed by atoms with Gasteiger partial charge in [-0.1, -0.05) is 6.42 Å². The molecule has 0 bridgehead atoms. The van der Waals surface area contributed by atoms with Crippen LogP contribution >= 0.6 is 0 Å². The molecule has 0 unspecified atom stereocenters. The lowest BCUT2D eigenvalue weighted by molar-refractivity contribution is 0.221. The Kier molecular flexibility index (Phi) is 3.18. The minimum absolute atomic E-state index is 0.600. The summed E-state index contributed by atoms with van der Waals surface area (Å²) in [6.45, 7) is 6.33. The van der Waals surface area contributed by atoms with Gasteiger partial charge in [0, 0.05) is 20.1 Å². The molecule has 0 aliphatic carbocycles. The van der Waals surface area contributed by atoms with Gasteiger partial charge in [-0.25, -0.2) is 4.98 Å². The van der Waals surface area contributed by atoms with Gasteiger partial charge in [0.2, 0.25) is 5.95 Å². The molecule has 0 atom stereocenters. The Morgan fingerprint density at radius 1 is 1.16 bits per heavy atom. The first-order chi connectivity index (χ1) is 9.16. The van der Waals surface area contributed by atoms with Crippen molar-refractivity contribution in [2.24, 2.45) is 7.05 Å². The maximum atomic E-state index is 6.04. The van der Waals surface area contributed by atoms with Gasteiger partial charge in [0.05, 0.1) is 5.69 Å². The molecule has 2 aromatic heterocycles. The van der Waals surface area contributed by atoms with Gasteiger partial charge in [0.25, 0.3) is 0 Å². The molecule has 0 spiro atoms. The fraction of sp³-hybridized carbons (Fsp3) is 0.692. The Bertz CT molecular complexity index is 575. The van der Waals surface area contributed by atoms with Gasteiger partial charge >= 0.3 is 0 Å². The molecule has 0 radical (unpaired) electrons. The van der Waals surface area contributed by atoms with E-state index in [1.807, 2.05) is 18.7 Å². The van der Waals surface area contributed by atoms with Crippen molar-refractivity contribution in [2.45, 2.75) is 32.7 Å².